The first kappa shape index (κ1) is 12.4. The molecule has 0 radical (unpaired) electrons. The van der Waals surface area contributed by atoms with Gasteiger partial charge >= 0.3 is 0 Å². The number of hydrogen-bond acceptors (Lipinski definition) is 4. The molecule has 1 N–H and O–H groups in total. The molecule has 100 valence electrons. The molecule has 0 aliphatic rings. The highest BCUT2D eigenvalue weighted by molar-refractivity contribution is 5.60. The Kier molecular flexibility index (Phi) is 3.46. The predicted octanol–water partition coefficient (Wildman–Crippen LogP) is 3.91. The second-order valence-corrected chi connectivity index (χ2v) is 4.59. The van der Waals surface area contributed by atoms with E-state index in [2.05, 4.69) is 22.2 Å². The highest BCUT2D eigenvalue weighted by atomic mass is 16.3. The fraction of sp³-hybridized carbons (Fsp3) is 0.125. The Balaban J connectivity index is 1.72. The fourth-order valence-corrected chi connectivity index (χ4v) is 2.07. The van der Waals surface area contributed by atoms with Crippen molar-refractivity contribution in [2.45, 2.75) is 13.0 Å². The molecule has 1 unspecified atom stereocenters. The Labute approximate surface area is 117 Å². The molecular weight excluding hydrogens is 250 g/mol. The molecule has 0 bridgehead atoms. The van der Waals surface area contributed by atoms with E-state index in [1.807, 2.05) is 36.4 Å². The van der Waals surface area contributed by atoms with E-state index in [1.54, 1.807) is 18.6 Å². The third-order valence-electron chi connectivity index (χ3n) is 3.19. The number of rotatable bonds is 4. The van der Waals surface area contributed by atoms with E-state index < -0.39 is 0 Å². The Morgan fingerprint density at radius 2 is 1.75 bits per heavy atom. The molecule has 0 spiro atoms. The molecule has 4 nitrogen and oxygen atoms in total. The maximum atomic E-state index is 5.27. The van der Waals surface area contributed by atoms with Crippen LogP contribution in [0.15, 0.2) is 65.8 Å². The molecule has 3 aromatic rings. The SMILES string of the molecule is CC(Nc1ccc(-c2cnco2)cc1)c1ccncc1. The van der Waals surface area contributed by atoms with Gasteiger partial charge < -0.3 is 9.73 Å². The summed E-state index contributed by atoms with van der Waals surface area (Å²) in [6.07, 6.45) is 6.76. The van der Waals surface area contributed by atoms with Crippen LogP contribution in [0.1, 0.15) is 18.5 Å². The highest BCUT2D eigenvalue weighted by Gasteiger charge is 2.05. The Morgan fingerprint density at radius 1 is 1.00 bits per heavy atom. The van der Waals surface area contributed by atoms with E-state index in [1.165, 1.54) is 12.0 Å². The smallest absolute Gasteiger partial charge is 0.181 e. The maximum Gasteiger partial charge on any atom is 0.181 e. The molecule has 3 rings (SSSR count). The van der Waals surface area contributed by atoms with E-state index in [9.17, 15) is 0 Å². The van der Waals surface area contributed by atoms with Crippen LogP contribution in [-0.2, 0) is 0 Å². The van der Waals surface area contributed by atoms with Crippen molar-refractivity contribution in [3.63, 3.8) is 0 Å². The zero-order valence-electron chi connectivity index (χ0n) is 11.2. The van der Waals surface area contributed by atoms with E-state index >= 15 is 0 Å². The monoisotopic (exact) mass is 265 g/mol. The summed E-state index contributed by atoms with van der Waals surface area (Å²) >= 11 is 0. The fourth-order valence-electron chi connectivity index (χ4n) is 2.07. The second kappa shape index (κ2) is 5.57. The van der Waals surface area contributed by atoms with Crippen molar-refractivity contribution in [2.75, 3.05) is 5.32 Å². The number of aromatic nitrogens is 2. The molecule has 1 aromatic carbocycles. The average Bonchev–Trinajstić information content (AvgIpc) is 3.03. The topological polar surface area (TPSA) is 51.0 Å². The third kappa shape index (κ3) is 2.69. The molecule has 20 heavy (non-hydrogen) atoms. The van der Waals surface area contributed by atoms with Gasteiger partial charge in [-0.05, 0) is 48.9 Å². The normalized spacial score (nSPS) is 12.1. The average molecular weight is 265 g/mol. The molecule has 0 aliphatic heterocycles. The molecule has 0 aliphatic carbocycles. The lowest BCUT2D eigenvalue weighted by molar-refractivity contribution is 0.572. The molecule has 4 heteroatoms. The molecule has 0 fully saturated rings. The van der Waals surface area contributed by atoms with Gasteiger partial charge in [-0.3, -0.25) is 4.98 Å². The van der Waals surface area contributed by atoms with Gasteiger partial charge in [-0.2, -0.15) is 0 Å². The number of benzene rings is 1. The van der Waals surface area contributed by atoms with Crippen LogP contribution in [0.5, 0.6) is 0 Å². The van der Waals surface area contributed by atoms with E-state index in [0.29, 0.717) is 0 Å². The Hall–Kier alpha value is -2.62. The van der Waals surface area contributed by atoms with E-state index in [4.69, 9.17) is 4.42 Å². The summed E-state index contributed by atoms with van der Waals surface area (Å²) in [5.41, 5.74) is 3.29. The van der Waals surface area contributed by atoms with Crippen LogP contribution in [0.3, 0.4) is 0 Å². The van der Waals surface area contributed by atoms with Gasteiger partial charge in [-0.15, -0.1) is 0 Å². The Bertz CT molecular complexity index is 648. The molecule has 2 heterocycles. The quantitative estimate of drug-likeness (QED) is 0.777. The molecule has 0 amide bonds. The standard InChI is InChI=1S/C16H15N3O/c1-12(13-6-8-17-9-7-13)19-15-4-2-14(3-5-15)16-10-18-11-20-16/h2-12,19H,1H3. The third-order valence-corrected chi connectivity index (χ3v) is 3.19. The van der Waals surface area contributed by atoms with Gasteiger partial charge in [0.15, 0.2) is 12.2 Å². The predicted molar refractivity (Wildman–Crippen MR) is 78.2 cm³/mol. The molecule has 0 saturated heterocycles. The summed E-state index contributed by atoms with van der Waals surface area (Å²) in [5.74, 6) is 0.777. The van der Waals surface area contributed by atoms with Crippen LogP contribution in [0.4, 0.5) is 5.69 Å². The van der Waals surface area contributed by atoms with Crippen LogP contribution in [0, 0.1) is 0 Å². The minimum atomic E-state index is 0.231. The summed E-state index contributed by atoms with van der Waals surface area (Å²) in [6.45, 7) is 2.12. The van der Waals surface area contributed by atoms with Crippen LogP contribution in [0.2, 0.25) is 0 Å². The first-order valence-corrected chi connectivity index (χ1v) is 6.48. The zero-order chi connectivity index (χ0) is 13.8. The van der Waals surface area contributed by atoms with Crippen molar-refractivity contribution < 1.29 is 4.42 Å². The van der Waals surface area contributed by atoms with E-state index in [-0.39, 0.29) is 6.04 Å². The summed E-state index contributed by atoms with van der Waals surface area (Å²) < 4.78 is 5.27. The van der Waals surface area contributed by atoms with E-state index in [0.717, 1.165) is 17.0 Å². The number of nitrogens with zero attached hydrogens (tertiary/aromatic N) is 2. The zero-order valence-corrected chi connectivity index (χ0v) is 11.2. The summed E-state index contributed by atoms with van der Waals surface area (Å²) in [6, 6.07) is 12.4. The van der Waals surface area contributed by atoms with Crippen molar-refractivity contribution >= 4 is 5.69 Å². The minimum Gasteiger partial charge on any atom is -0.444 e. The number of oxazole rings is 1. The highest BCUT2D eigenvalue weighted by Crippen LogP contribution is 2.23. The Morgan fingerprint density at radius 3 is 2.40 bits per heavy atom. The summed E-state index contributed by atoms with van der Waals surface area (Å²) in [4.78, 5) is 7.95. The summed E-state index contributed by atoms with van der Waals surface area (Å²) in [5, 5.41) is 3.46. The van der Waals surface area contributed by atoms with Crippen molar-refractivity contribution in [1.29, 1.82) is 0 Å². The van der Waals surface area contributed by atoms with Crippen molar-refractivity contribution in [3.8, 4) is 11.3 Å². The molecule has 1 atom stereocenters. The maximum absolute atomic E-state index is 5.27. The van der Waals surface area contributed by atoms with Gasteiger partial charge in [0, 0.05) is 29.7 Å². The van der Waals surface area contributed by atoms with Crippen LogP contribution in [0.25, 0.3) is 11.3 Å². The van der Waals surface area contributed by atoms with Gasteiger partial charge in [0.05, 0.1) is 6.20 Å². The van der Waals surface area contributed by atoms with Gasteiger partial charge in [0.2, 0.25) is 0 Å². The summed E-state index contributed by atoms with van der Waals surface area (Å²) in [7, 11) is 0. The van der Waals surface area contributed by atoms with Crippen molar-refractivity contribution in [3.05, 3.63) is 66.9 Å². The lowest BCUT2D eigenvalue weighted by Crippen LogP contribution is -2.06. The largest absolute Gasteiger partial charge is 0.444 e. The van der Waals surface area contributed by atoms with Gasteiger partial charge in [-0.1, -0.05) is 0 Å². The number of anilines is 1. The molecule has 2 aromatic heterocycles. The van der Waals surface area contributed by atoms with Crippen molar-refractivity contribution in [1.82, 2.24) is 9.97 Å². The van der Waals surface area contributed by atoms with Gasteiger partial charge in [-0.25, -0.2) is 4.98 Å². The molecule has 0 saturated carbocycles. The lowest BCUT2D eigenvalue weighted by Gasteiger charge is -2.15. The van der Waals surface area contributed by atoms with Crippen LogP contribution in [-0.4, -0.2) is 9.97 Å². The second-order valence-electron chi connectivity index (χ2n) is 4.59. The van der Waals surface area contributed by atoms with Crippen LogP contribution < -0.4 is 5.32 Å². The minimum absolute atomic E-state index is 0.231. The van der Waals surface area contributed by atoms with Crippen molar-refractivity contribution in [2.24, 2.45) is 0 Å². The van der Waals surface area contributed by atoms with Gasteiger partial charge in [0.1, 0.15) is 0 Å². The van der Waals surface area contributed by atoms with Crippen LogP contribution >= 0.6 is 0 Å². The van der Waals surface area contributed by atoms with Gasteiger partial charge in [0.25, 0.3) is 0 Å². The first-order chi connectivity index (χ1) is 9.83. The molecular formula is C16H15N3O. The number of hydrogen-bond donors (Lipinski definition) is 1. The number of nitrogens with one attached hydrogen (secondary N) is 1. The first-order valence-electron chi connectivity index (χ1n) is 6.48. The number of pyridine rings is 1. The lowest BCUT2D eigenvalue weighted by atomic mass is 10.1.